The van der Waals surface area contributed by atoms with Crippen LogP contribution >= 0.6 is 0 Å². The summed E-state index contributed by atoms with van der Waals surface area (Å²) in [5, 5.41) is 13.8. The molecule has 0 saturated carbocycles. The van der Waals surface area contributed by atoms with Gasteiger partial charge in [0.2, 0.25) is 6.29 Å². The molecule has 0 aliphatic heterocycles. The molecule has 0 aliphatic carbocycles. The van der Waals surface area contributed by atoms with E-state index in [4.69, 9.17) is 10.1 Å². The van der Waals surface area contributed by atoms with Gasteiger partial charge in [-0.1, -0.05) is 42.5 Å². The Morgan fingerprint density at radius 1 is 1.03 bits per heavy atom. The third kappa shape index (κ3) is 5.79. The van der Waals surface area contributed by atoms with Gasteiger partial charge in [-0.3, -0.25) is 9.59 Å². The van der Waals surface area contributed by atoms with Gasteiger partial charge >= 0.3 is 0 Å². The highest BCUT2D eigenvalue weighted by Crippen LogP contribution is 2.29. The van der Waals surface area contributed by atoms with E-state index in [1.54, 1.807) is 13.0 Å². The molecule has 6 heteroatoms. The SMILES string of the molecule is Cc1cccc(Nc2ccc(O[C@H](c3ccccc3)C(C)NC(=O)C=O)cc2C=N)c1. The molecular weight excluding hydrogens is 390 g/mol. The maximum atomic E-state index is 11.6. The van der Waals surface area contributed by atoms with E-state index in [1.807, 2.05) is 73.7 Å². The number of aryl methyl sites for hydroxylation is 1. The molecule has 0 fully saturated rings. The summed E-state index contributed by atoms with van der Waals surface area (Å²) in [6.07, 6.45) is 0.997. The van der Waals surface area contributed by atoms with Gasteiger partial charge < -0.3 is 20.8 Å². The summed E-state index contributed by atoms with van der Waals surface area (Å²) in [4.78, 5) is 22.3. The van der Waals surface area contributed by atoms with Gasteiger partial charge in [0, 0.05) is 23.2 Å². The lowest BCUT2D eigenvalue weighted by Crippen LogP contribution is -2.39. The zero-order valence-electron chi connectivity index (χ0n) is 17.5. The van der Waals surface area contributed by atoms with E-state index in [0.717, 1.165) is 22.5 Å². The van der Waals surface area contributed by atoms with E-state index >= 15 is 0 Å². The first kappa shape index (κ1) is 21.8. The van der Waals surface area contributed by atoms with Crippen molar-refractivity contribution in [3.63, 3.8) is 0 Å². The topological polar surface area (TPSA) is 91.3 Å². The van der Waals surface area contributed by atoms with Crippen LogP contribution in [-0.2, 0) is 9.59 Å². The lowest BCUT2D eigenvalue weighted by atomic mass is 10.0. The maximum absolute atomic E-state index is 11.6. The number of aldehydes is 1. The lowest BCUT2D eigenvalue weighted by molar-refractivity contribution is -0.132. The minimum absolute atomic E-state index is 0.247. The smallest absolute Gasteiger partial charge is 0.284 e. The van der Waals surface area contributed by atoms with Crippen LogP contribution in [0.1, 0.15) is 29.7 Å². The van der Waals surface area contributed by atoms with Crippen LogP contribution < -0.4 is 15.4 Å². The molecule has 158 valence electrons. The number of hydrogen-bond donors (Lipinski definition) is 3. The Hall–Kier alpha value is -3.93. The molecular formula is C25H25N3O3. The van der Waals surface area contributed by atoms with Crippen LogP contribution in [0.3, 0.4) is 0 Å². The van der Waals surface area contributed by atoms with Crippen LogP contribution in [0.25, 0.3) is 0 Å². The fraction of sp³-hybridized carbons (Fsp3) is 0.160. The molecule has 0 saturated heterocycles. The number of amides is 1. The number of ether oxygens (including phenoxy) is 1. The Morgan fingerprint density at radius 2 is 1.81 bits per heavy atom. The van der Waals surface area contributed by atoms with Crippen molar-refractivity contribution in [2.45, 2.75) is 26.0 Å². The molecule has 31 heavy (non-hydrogen) atoms. The average Bonchev–Trinajstić information content (AvgIpc) is 2.78. The summed E-state index contributed by atoms with van der Waals surface area (Å²) in [7, 11) is 0. The highest BCUT2D eigenvalue weighted by molar-refractivity contribution is 6.23. The van der Waals surface area contributed by atoms with E-state index in [2.05, 4.69) is 10.6 Å². The standard InChI is InChI=1S/C25H25N3O3/c1-17-7-6-10-21(13-17)28-23-12-11-22(14-20(23)15-26)31-25(18(2)27-24(30)16-29)19-8-4-3-5-9-19/h3-16,18,25-26,28H,1-2H3,(H,27,30)/t18?,25-/m0/s1. The van der Waals surface area contributed by atoms with Crippen LogP contribution in [0, 0.1) is 12.3 Å². The Morgan fingerprint density at radius 3 is 2.48 bits per heavy atom. The predicted molar refractivity (Wildman–Crippen MR) is 122 cm³/mol. The number of carbonyl (C=O) groups is 2. The summed E-state index contributed by atoms with van der Waals surface area (Å²) in [6, 6.07) is 22.5. The summed E-state index contributed by atoms with van der Waals surface area (Å²) >= 11 is 0. The van der Waals surface area contributed by atoms with Gasteiger partial charge in [-0.05, 0) is 55.3 Å². The van der Waals surface area contributed by atoms with Gasteiger partial charge in [0.05, 0.1) is 6.04 Å². The van der Waals surface area contributed by atoms with E-state index in [9.17, 15) is 9.59 Å². The van der Waals surface area contributed by atoms with Crippen molar-refractivity contribution in [2.75, 3.05) is 5.32 Å². The number of hydrogen-bond acceptors (Lipinski definition) is 5. The molecule has 6 nitrogen and oxygen atoms in total. The molecule has 0 aliphatic rings. The molecule has 3 N–H and O–H groups in total. The van der Waals surface area contributed by atoms with E-state index < -0.39 is 18.1 Å². The van der Waals surface area contributed by atoms with E-state index in [1.165, 1.54) is 6.21 Å². The zero-order valence-corrected chi connectivity index (χ0v) is 17.5. The first-order valence-electron chi connectivity index (χ1n) is 9.95. The molecule has 0 heterocycles. The second kappa shape index (κ2) is 10.2. The number of rotatable bonds is 9. The van der Waals surface area contributed by atoms with Crippen molar-refractivity contribution >= 4 is 29.8 Å². The van der Waals surface area contributed by atoms with Crippen LogP contribution in [0.4, 0.5) is 11.4 Å². The number of nitrogens with one attached hydrogen (secondary N) is 3. The van der Waals surface area contributed by atoms with Gasteiger partial charge in [0.15, 0.2) is 0 Å². The summed E-state index contributed by atoms with van der Waals surface area (Å²) in [5.74, 6) is -0.149. The first-order chi connectivity index (χ1) is 15.0. The highest BCUT2D eigenvalue weighted by atomic mass is 16.5. The average molecular weight is 415 g/mol. The highest BCUT2D eigenvalue weighted by Gasteiger charge is 2.23. The van der Waals surface area contributed by atoms with Crippen molar-refractivity contribution in [3.8, 4) is 5.75 Å². The lowest BCUT2D eigenvalue weighted by Gasteiger charge is -2.26. The van der Waals surface area contributed by atoms with Crippen molar-refractivity contribution in [1.29, 1.82) is 5.41 Å². The summed E-state index contributed by atoms with van der Waals surface area (Å²) in [6.45, 7) is 3.80. The third-order valence-corrected chi connectivity index (χ3v) is 4.80. The molecule has 0 aromatic heterocycles. The van der Waals surface area contributed by atoms with Gasteiger partial charge in [-0.2, -0.15) is 0 Å². The van der Waals surface area contributed by atoms with E-state index in [-0.39, 0.29) is 6.29 Å². The Labute approximate surface area is 181 Å². The van der Waals surface area contributed by atoms with Crippen molar-refractivity contribution in [3.05, 3.63) is 89.5 Å². The van der Waals surface area contributed by atoms with Crippen LogP contribution in [0.5, 0.6) is 5.75 Å². The van der Waals surface area contributed by atoms with Crippen LogP contribution in [0.15, 0.2) is 72.8 Å². The second-order valence-electron chi connectivity index (χ2n) is 7.25. The molecule has 0 radical (unpaired) electrons. The normalized spacial score (nSPS) is 12.3. The second-order valence-corrected chi connectivity index (χ2v) is 7.25. The molecule has 2 atom stereocenters. The minimum atomic E-state index is -0.699. The molecule has 3 rings (SSSR count). The minimum Gasteiger partial charge on any atom is -0.484 e. The fourth-order valence-corrected chi connectivity index (χ4v) is 3.31. The van der Waals surface area contributed by atoms with Crippen LogP contribution in [0.2, 0.25) is 0 Å². The molecule has 0 spiro atoms. The predicted octanol–water partition coefficient (Wildman–Crippen LogP) is 4.56. The monoisotopic (exact) mass is 415 g/mol. The molecule has 3 aromatic carbocycles. The number of anilines is 2. The van der Waals surface area contributed by atoms with Gasteiger partial charge in [0.25, 0.3) is 5.91 Å². The number of benzene rings is 3. The summed E-state index contributed by atoms with van der Waals surface area (Å²) in [5.41, 5.74) is 4.38. The Kier molecular flexibility index (Phi) is 7.17. The molecule has 1 amide bonds. The number of carbonyl (C=O) groups excluding carboxylic acids is 2. The zero-order chi connectivity index (χ0) is 22.2. The molecule has 1 unspecified atom stereocenters. The van der Waals surface area contributed by atoms with Crippen molar-refractivity contribution in [1.82, 2.24) is 5.32 Å². The Bertz CT molecular complexity index is 1070. The third-order valence-electron chi connectivity index (χ3n) is 4.80. The molecule has 3 aromatic rings. The maximum Gasteiger partial charge on any atom is 0.284 e. The van der Waals surface area contributed by atoms with Crippen molar-refractivity contribution in [2.24, 2.45) is 0 Å². The summed E-state index contributed by atoms with van der Waals surface area (Å²) < 4.78 is 6.21. The van der Waals surface area contributed by atoms with Gasteiger partial charge in [0.1, 0.15) is 11.9 Å². The van der Waals surface area contributed by atoms with Gasteiger partial charge in [-0.15, -0.1) is 0 Å². The molecule has 0 bridgehead atoms. The van der Waals surface area contributed by atoms with Gasteiger partial charge in [-0.25, -0.2) is 0 Å². The first-order valence-corrected chi connectivity index (χ1v) is 9.95. The largest absolute Gasteiger partial charge is 0.484 e. The fourth-order valence-electron chi connectivity index (χ4n) is 3.31. The quantitative estimate of drug-likeness (QED) is 0.271. The van der Waals surface area contributed by atoms with Crippen molar-refractivity contribution < 1.29 is 14.3 Å². The van der Waals surface area contributed by atoms with E-state index in [0.29, 0.717) is 11.3 Å². The Balaban J connectivity index is 1.86. The van der Waals surface area contributed by atoms with Crippen LogP contribution in [-0.4, -0.2) is 24.4 Å².